The summed E-state index contributed by atoms with van der Waals surface area (Å²) < 4.78 is 0. The molecular formula is C19H21N3O3. The highest BCUT2D eigenvalue weighted by Gasteiger charge is 2.37. The molecule has 0 saturated carbocycles. The molecule has 6 nitrogen and oxygen atoms in total. The smallest absolute Gasteiger partial charge is 0.308 e. The number of carbonyl (C=O) groups is 2. The largest absolute Gasteiger partial charge is 0.481 e. The van der Waals surface area contributed by atoms with Gasteiger partial charge in [-0.2, -0.15) is 0 Å². The van der Waals surface area contributed by atoms with E-state index in [1.54, 1.807) is 23.2 Å². The first-order chi connectivity index (χ1) is 12.0. The predicted molar refractivity (Wildman–Crippen MR) is 94.9 cm³/mol. The number of hydrogen-bond donors (Lipinski definition) is 1. The van der Waals surface area contributed by atoms with E-state index >= 15 is 0 Å². The summed E-state index contributed by atoms with van der Waals surface area (Å²) in [5, 5.41) is 9.20. The molecule has 1 aliphatic rings. The Bertz CT molecular complexity index is 761. The highest BCUT2D eigenvalue weighted by molar-refractivity contribution is 5.94. The van der Waals surface area contributed by atoms with Gasteiger partial charge in [0.15, 0.2) is 0 Å². The number of nitrogens with zero attached hydrogens (tertiary/aromatic N) is 3. The van der Waals surface area contributed by atoms with E-state index in [1.807, 2.05) is 49.2 Å². The molecule has 1 aliphatic heterocycles. The van der Waals surface area contributed by atoms with Crippen LogP contribution in [0.15, 0.2) is 48.7 Å². The maximum absolute atomic E-state index is 12.6. The monoisotopic (exact) mass is 339 g/mol. The summed E-state index contributed by atoms with van der Waals surface area (Å²) in [6.45, 7) is 2.57. The van der Waals surface area contributed by atoms with Crippen LogP contribution in [0.4, 0.5) is 11.5 Å². The molecule has 0 bridgehead atoms. The number of benzene rings is 1. The molecule has 6 heteroatoms. The summed E-state index contributed by atoms with van der Waals surface area (Å²) in [4.78, 5) is 31.7. The fourth-order valence-electron chi connectivity index (χ4n) is 3.13. The molecule has 1 fully saturated rings. The first-order valence-electron chi connectivity index (χ1n) is 8.24. The van der Waals surface area contributed by atoms with Gasteiger partial charge in [0.2, 0.25) is 0 Å². The van der Waals surface area contributed by atoms with E-state index in [-0.39, 0.29) is 18.4 Å². The van der Waals surface area contributed by atoms with Gasteiger partial charge in [-0.15, -0.1) is 0 Å². The lowest BCUT2D eigenvalue weighted by Gasteiger charge is -2.19. The summed E-state index contributed by atoms with van der Waals surface area (Å²) in [7, 11) is 1.92. The van der Waals surface area contributed by atoms with Gasteiger partial charge in [-0.3, -0.25) is 9.59 Å². The molecule has 1 aromatic heterocycles. The van der Waals surface area contributed by atoms with Crippen LogP contribution in [0.1, 0.15) is 17.3 Å². The quantitative estimate of drug-likeness (QED) is 0.927. The number of anilines is 2. The second-order valence-corrected chi connectivity index (χ2v) is 6.43. The number of rotatable bonds is 4. The fraction of sp³-hybridized carbons (Fsp3) is 0.316. The van der Waals surface area contributed by atoms with E-state index in [0.29, 0.717) is 12.1 Å². The van der Waals surface area contributed by atoms with Gasteiger partial charge in [0.25, 0.3) is 5.91 Å². The molecular weight excluding hydrogens is 318 g/mol. The lowest BCUT2D eigenvalue weighted by Crippen LogP contribution is -2.30. The Kier molecular flexibility index (Phi) is 4.70. The van der Waals surface area contributed by atoms with E-state index in [9.17, 15) is 14.7 Å². The van der Waals surface area contributed by atoms with Gasteiger partial charge < -0.3 is 14.9 Å². The van der Waals surface area contributed by atoms with Crippen molar-refractivity contribution in [3.8, 4) is 0 Å². The van der Waals surface area contributed by atoms with Crippen molar-refractivity contribution in [2.75, 3.05) is 25.0 Å². The molecule has 1 aromatic carbocycles. The molecule has 1 saturated heterocycles. The molecule has 2 atom stereocenters. The number of pyridine rings is 1. The second kappa shape index (κ2) is 6.93. The SMILES string of the molecule is C[C@@H]1CN(C(=O)c2ccc(N(C)c3ccccc3)nc2)C[C@H]1C(=O)O. The van der Waals surface area contributed by atoms with Crippen molar-refractivity contribution in [3.63, 3.8) is 0 Å². The molecule has 130 valence electrons. The van der Waals surface area contributed by atoms with Crippen LogP contribution in [-0.4, -0.2) is 47.0 Å². The number of carbonyl (C=O) groups excluding carboxylic acids is 1. The third-order valence-electron chi connectivity index (χ3n) is 4.70. The Morgan fingerprint density at radius 2 is 1.88 bits per heavy atom. The minimum absolute atomic E-state index is 0.0436. The minimum Gasteiger partial charge on any atom is -0.481 e. The van der Waals surface area contributed by atoms with Gasteiger partial charge >= 0.3 is 5.97 Å². The van der Waals surface area contributed by atoms with Gasteiger partial charge in [-0.25, -0.2) is 4.98 Å². The summed E-state index contributed by atoms with van der Waals surface area (Å²) >= 11 is 0. The highest BCUT2D eigenvalue weighted by Crippen LogP contribution is 2.25. The van der Waals surface area contributed by atoms with Crippen LogP contribution in [0, 0.1) is 11.8 Å². The van der Waals surface area contributed by atoms with Crippen LogP contribution in [-0.2, 0) is 4.79 Å². The van der Waals surface area contributed by atoms with Gasteiger partial charge in [0, 0.05) is 32.0 Å². The number of aliphatic carboxylic acids is 1. The fourth-order valence-corrected chi connectivity index (χ4v) is 3.13. The van der Waals surface area contributed by atoms with E-state index in [1.165, 1.54) is 0 Å². The van der Waals surface area contributed by atoms with Crippen molar-refractivity contribution in [1.29, 1.82) is 0 Å². The van der Waals surface area contributed by atoms with Crippen LogP contribution in [0.5, 0.6) is 0 Å². The number of amides is 1. The molecule has 0 radical (unpaired) electrons. The van der Waals surface area contributed by atoms with E-state index < -0.39 is 11.9 Å². The van der Waals surface area contributed by atoms with E-state index in [0.717, 1.165) is 11.5 Å². The molecule has 0 unspecified atom stereocenters. The standard InChI is InChI=1S/C19H21N3O3/c1-13-11-22(12-16(13)19(24)25)18(23)14-8-9-17(20-10-14)21(2)15-6-4-3-5-7-15/h3-10,13,16H,11-12H2,1-2H3,(H,24,25)/t13-,16-/m1/s1. The molecule has 3 rings (SSSR count). The molecule has 25 heavy (non-hydrogen) atoms. The summed E-state index contributed by atoms with van der Waals surface area (Å²) in [6, 6.07) is 13.4. The molecule has 1 N–H and O–H groups in total. The van der Waals surface area contributed by atoms with Crippen molar-refractivity contribution in [2.45, 2.75) is 6.92 Å². The average molecular weight is 339 g/mol. The Hall–Kier alpha value is -2.89. The zero-order chi connectivity index (χ0) is 18.0. The van der Waals surface area contributed by atoms with Crippen LogP contribution < -0.4 is 4.90 Å². The molecule has 2 heterocycles. The van der Waals surface area contributed by atoms with Crippen LogP contribution in [0.3, 0.4) is 0 Å². The molecule has 0 spiro atoms. The van der Waals surface area contributed by atoms with Gasteiger partial charge in [0.05, 0.1) is 11.5 Å². The topological polar surface area (TPSA) is 73.7 Å². The number of likely N-dealkylation sites (tertiary alicyclic amines) is 1. The Morgan fingerprint density at radius 3 is 2.44 bits per heavy atom. The summed E-state index contributed by atoms with van der Waals surface area (Å²) in [5.41, 5.74) is 1.48. The number of aromatic nitrogens is 1. The molecule has 2 aromatic rings. The summed E-state index contributed by atoms with van der Waals surface area (Å²) in [5.74, 6) is -0.822. The van der Waals surface area contributed by atoms with Crippen molar-refractivity contribution < 1.29 is 14.7 Å². The Balaban J connectivity index is 1.72. The maximum atomic E-state index is 12.6. The lowest BCUT2D eigenvalue weighted by molar-refractivity contribution is -0.142. The number of para-hydroxylation sites is 1. The van der Waals surface area contributed by atoms with Crippen LogP contribution >= 0.6 is 0 Å². The number of carboxylic acid groups (broad SMARTS) is 1. The van der Waals surface area contributed by atoms with Crippen molar-refractivity contribution in [2.24, 2.45) is 11.8 Å². The highest BCUT2D eigenvalue weighted by atomic mass is 16.4. The first-order valence-corrected chi connectivity index (χ1v) is 8.24. The van der Waals surface area contributed by atoms with Crippen molar-refractivity contribution in [1.82, 2.24) is 9.88 Å². The average Bonchev–Trinajstić information content (AvgIpc) is 3.03. The van der Waals surface area contributed by atoms with Gasteiger partial charge in [0.1, 0.15) is 5.82 Å². The van der Waals surface area contributed by atoms with E-state index in [2.05, 4.69) is 4.98 Å². The van der Waals surface area contributed by atoms with Crippen molar-refractivity contribution >= 4 is 23.4 Å². The second-order valence-electron chi connectivity index (χ2n) is 6.43. The normalized spacial score (nSPS) is 19.7. The number of hydrogen-bond acceptors (Lipinski definition) is 4. The zero-order valence-electron chi connectivity index (χ0n) is 14.3. The minimum atomic E-state index is -0.847. The summed E-state index contributed by atoms with van der Waals surface area (Å²) in [6.07, 6.45) is 1.55. The Labute approximate surface area is 146 Å². The predicted octanol–water partition coefficient (Wildman–Crippen LogP) is 2.64. The zero-order valence-corrected chi connectivity index (χ0v) is 14.3. The lowest BCUT2D eigenvalue weighted by atomic mass is 9.99. The number of carboxylic acids is 1. The van der Waals surface area contributed by atoms with Crippen LogP contribution in [0.25, 0.3) is 0 Å². The van der Waals surface area contributed by atoms with Gasteiger partial charge in [-0.05, 0) is 30.2 Å². The third kappa shape index (κ3) is 3.47. The van der Waals surface area contributed by atoms with Crippen LogP contribution in [0.2, 0.25) is 0 Å². The molecule has 0 aliphatic carbocycles. The first kappa shape index (κ1) is 17.0. The molecule has 1 amide bonds. The van der Waals surface area contributed by atoms with E-state index in [4.69, 9.17) is 0 Å². The third-order valence-corrected chi connectivity index (χ3v) is 4.70. The maximum Gasteiger partial charge on any atom is 0.308 e. The van der Waals surface area contributed by atoms with Crippen molar-refractivity contribution in [3.05, 3.63) is 54.2 Å². The van der Waals surface area contributed by atoms with Gasteiger partial charge in [-0.1, -0.05) is 25.1 Å². The Morgan fingerprint density at radius 1 is 1.16 bits per heavy atom.